The van der Waals surface area contributed by atoms with Gasteiger partial charge in [0, 0.05) is 47.5 Å². The van der Waals surface area contributed by atoms with Crippen LogP contribution in [0.2, 0.25) is 0 Å². The van der Waals surface area contributed by atoms with Gasteiger partial charge in [0.15, 0.2) is 0 Å². The van der Waals surface area contributed by atoms with Gasteiger partial charge in [-0.25, -0.2) is 0 Å². The van der Waals surface area contributed by atoms with Gasteiger partial charge in [-0.3, -0.25) is 9.59 Å². The molecule has 1 aliphatic heterocycles. The first-order valence-corrected chi connectivity index (χ1v) is 17.8. The van der Waals surface area contributed by atoms with Crippen LogP contribution in [0.5, 0.6) is 0 Å². The number of anilines is 2. The highest BCUT2D eigenvalue weighted by Gasteiger charge is 2.21. The zero-order valence-corrected chi connectivity index (χ0v) is 28.1. The number of fused-ring (bicyclic) bond motifs is 2. The maximum Gasteiger partial charge on any atom is 0.317 e. The normalized spacial score (nSPS) is 15.4. The zero-order chi connectivity index (χ0) is 33.9. The summed E-state index contributed by atoms with van der Waals surface area (Å²) in [5.74, 6) is -1.13. The average Bonchev–Trinajstić information content (AvgIpc) is 3.90. The van der Waals surface area contributed by atoms with Crippen LogP contribution in [0.3, 0.4) is 0 Å². The van der Waals surface area contributed by atoms with Crippen molar-refractivity contribution in [3.63, 3.8) is 0 Å². The van der Waals surface area contributed by atoms with Crippen molar-refractivity contribution in [1.29, 1.82) is 0 Å². The molecular formula is C42H42N4O4. The Hall–Kier alpha value is -5.34. The van der Waals surface area contributed by atoms with E-state index in [1.54, 1.807) is 0 Å². The molecule has 4 N–H and O–H groups in total. The van der Waals surface area contributed by atoms with E-state index < -0.39 is 11.9 Å². The third kappa shape index (κ3) is 7.16. The fourth-order valence-electron chi connectivity index (χ4n) is 7.48. The molecule has 0 atom stereocenters. The average molecular weight is 667 g/mol. The number of ether oxygens (including phenoxy) is 2. The Morgan fingerprint density at radius 1 is 0.620 bits per heavy atom. The van der Waals surface area contributed by atoms with Crippen molar-refractivity contribution in [3.8, 4) is 22.5 Å². The molecule has 2 aliphatic rings. The van der Waals surface area contributed by atoms with E-state index >= 15 is 0 Å². The van der Waals surface area contributed by atoms with E-state index in [1.807, 2.05) is 60.7 Å². The first-order chi connectivity index (χ1) is 24.5. The Kier molecular flexibility index (Phi) is 9.09. The first kappa shape index (κ1) is 31.9. The maximum atomic E-state index is 13.2. The number of aromatic nitrogens is 2. The van der Waals surface area contributed by atoms with E-state index in [0.29, 0.717) is 6.04 Å². The largest absolute Gasteiger partial charge is 0.393 e. The smallest absolute Gasteiger partial charge is 0.317 e. The summed E-state index contributed by atoms with van der Waals surface area (Å²) in [7, 11) is 0. The molecule has 1 saturated carbocycles. The summed E-state index contributed by atoms with van der Waals surface area (Å²) in [5.41, 5.74) is 9.71. The van der Waals surface area contributed by atoms with Crippen LogP contribution in [0.15, 0.2) is 97.1 Å². The molecule has 1 aliphatic carbocycles. The molecule has 0 spiro atoms. The second-order valence-electron chi connectivity index (χ2n) is 13.7. The Bertz CT molecular complexity index is 2120. The molecule has 2 aromatic heterocycles. The molecule has 0 bridgehead atoms. The van der Waals surface area contributed by atoms with Crippen LogP contribution in [-0.4, -0.2) is 47.2 Å². The number of H-pyrrole nitrogens is 2. The number of benzene rings is 4. The Labute approximate surface area is 291 Å². The molecule has 50 heavy (non-hydrogen) atoms. The topological polar surface area (TPSA) is 108 Å². The number of nitrogens with one attached hydrogen (secondary N) is 4. The minimum absolute atomic E-state index is 0.000709. The van der Waals surface area contributed by atoms with E-state index in [4.69, 9.17) is 9.47 Å². The van der Waals surface area contributed by atoms with E-state index in [0.717, 1.165) is 106 Å². The second-order valence-corrected chi connectivity index (χ2v) is 13.7. The van der Waals surface area contributed by atoms with Crippen molar-refractivity contribution < 1.29 is 19.1 Å². The van der Waals surface area contributed by atoms with Crippen molar-refractivity contribution >= 4 is 45.1 Å². The van der Waals surface area contributed by atoms with E-state index in [-0.39, 0.29) is 18.9 Å². The molecule has 6 aromatic rings. The monoisotopic (exact) mass is 666 g/mol. The number of esters is 2. The molecule has 1 saturated heterocycles. The highest BCUT2D eigenvalue weighted by molar-refractivity contribution is 5.98. The predicted octanol–water partition coefficient (Wildman–Crippen LogP) is 8.78. The Morgan fingerprint density at radius 3 is 1.56 bits per heavy atom. The fourth-order valence-corrected chi connectivity index (χ4v) is 7.48. The van der Waals surface area contributed by atoms with Gasteiger partial charge < -0.3 is 30.1 Å². The lowest BCUT2D eigenvalue weighted by Gasteiger charge is -2.24. The summed E-state index contributed by atoms with van der Waals surface area (Å²) in [6.45, 7) is 1.44. The molecule has 0 amide bonds. The van der Waals surface area contributed by atoms with Crippen molar-refractivity contribution in [2.24, 2.45) is 0 Å². The van der Waals surface area contributed by atoms with Crippen molar-refractivity contribution in [3.05, 3.63) is 108 Å². The van der Waals surface area contributed by atoms with Gasteiger partial charge in [-0.15, -0.1) is 0 Å². The molecule has 4 aromatic carbocycles. The van der Waals surface area contributed by atoms with Gasteiger partial charge in [-0.05, 0) is 84.3 Å². The molecule has 254 valence electrons. The van der Waals surface area contributed by atoms with Crippen LogP contribution in [0.1, 0.15) is 49.7 Å². The third-order valence-electron chi connectivity index (χ3n) is 9.97. The van der Waals surface area contributed by atoms with Gasteiger partial charge >= 0.3 is 11.9 Å². The number of carbonyl (C=O) groups is 2. The number of hydrogen-bond acceptors (Lipinski definition) is 6. The maximum absolute atomic E-state index is 13.2. The van der Waals surface area contributed by atoms with Gasteiger partial charge in [0.25, 0.3) is 0 Å². The van der Waals surface area contributed by atoms with Crippen LogP contribution in [-0.2, 0) is 31.9 Å². The third-order valence-corrected chi connectivity index (χ3v) is 9.97. The van der Waals surface area contributed by atoms with Gasteiger partial charge in [-0.2, -0.15) is 0 Å². The molecule has 0 radical (unpaired) electrons. The Balaban J connectivity index is 1.01. The number of rotatable bonds is 10. The lowest BCUT2D eigenvalue weighted by molar-refractivity contribution is -0.158. The molecule has 8 heteroatoms. The Morgan fingerprint density at radius 2 is 1.08 bits per heavy atom. The van der Waals surface area contributed by atoms with E-state index in [1.165, 1.54) is 12.8 Å². The minimum Gasteiger partial charge on any atom is -0.393 e. The SMILES string of the molecule is O=C(Cc1cc(NC2CCCC2)c2[nH]c(-c3ccccc3)cc2c1)OC(=O)Cc1cc(NC2CCOCC2)c2[nH]c(-c3ccccc3)cc2c1. The van der Waals surface area contributed by atoms with Crippen LogP contribution in [0, 0.1) is 0 Å². The zero-order valence-electron chi connectivity index (χ0n) is 28.1. The van der Waals surface area contributed by atoms with Crippen LogP contribution in [0.25, 0.3) is 44.3 Å². The fraction of sp³-hybridized carbons (Fsp3) is 0.286. The summed E-state index contributed by atoms with van der Waals surface area (Å²) >= 11 is 0. The predicted molar refractivity (Wildman–Crippen MR) is 199 cm³/mol. The van der Waals surface area contributed by atoms with Gasteiger partial charge in [0.1, 0.15) is 0 Å². The summed E-state index contributed by atoms with van der Waals surface area (Å²) < 4.78 is 11.0. The lowest BCUT2D eigenvalue weighted by atomic mass is 10.0. The van der Waals surface area contributed by atoms with Crippen LogP contribution >= 0.6 is 0 Å². The minimum atomic E-state index is -0.566. The highest BCUT2D eigenvalue weighted by atomic mass is 16.6. The van der Waals surface area contributed by atoms with Gasteiger partial charge in [0.05, 0.1) is 35.2 Å². The van der Waals surface area contributed by atoms with Crippen LogP contribution in [0.4, 0.5) is 11.4 Å². The number of hydrogen-bond donors (Lipinski definition) is 4. The first-order valence-electron chi connectivity index (χ1n) is 17.8. The molecule has 0 unspecified atom stereocenters. The standard InChI is InChI=1S/C42H42N4O4/c47-39(23-27-19-31-25-35(29-9-3-1-4-10-29)45-41(31)37(21-27)43-33-13-7-8-14-33)50-40(48)24-28-20-32-26-36(30-11-5-2-6-12-30)46-42(32)38(22-28)44-34-15-17-49-18-16-34/h1-6,9-12,19-22,25-26,33-34,43-46H,7-8,13-18,23-24H2. The van der Waals surface area contributed by atoms with Crippen molar-refractivity contribution in [1.82, 2.24) is 9.97 Å². The van der Waals surface area contributed by atoms with Crippen molar-refractivity contribution in [2.75, 3.05) is 23.8 Å². The van der Waals surface area contributed by atoms with Crippen molar-refractivity contribution in [2.45, 2.75) is 63.5 Å². The lowest BCUT2D eigenvalue weighted by Crippen LogP contribution is -2.28. The van der Waals surface area contributed by atoms with Gasteiger partial charge in [0.2, 0.25) is 0 Å². The molecule has 3 heterocycles. The quantitative estimate of drug-likeness (QED) is 0.0860. The molecular weight excluding hydrogens is 624 g/mol. The second kappa shape index (κ2) is 14.3. The molecule has 2 fully saturated rings. The highest BCUT2D eigenvalue weighted by Crippen LogP contribution is 2.34. The number of aromatic amines is 2. The number of carbonyl (C=O) groups excluding carboxylic acids is 2. The van der Waals surface area contributed by atoms with E-state index in [2.05, 4.69) is 57.0 Å². The van der Waals surface area contributed by atoms with E-state index in [9.17, 15) is 9.59 Å². The van der Waals surface area contributed by atoms with Gasteiger partial charge in [-0.1, -0.05) is 73.5 Å². The summed E-state index contributed by atoms with van der Waals surface area (Å²) in [6, 6.07) is 33.4. The molecule has 8 nitrogen and oxygen atoms in total. The molecule has 8 rings (SSSR count). The summed E-state index contributed by atoms with van der Waals surface area (Å²) in [4.78, 5) is 33.7. The summed E-state index contributed by atoms with van der Waals surface area (Å²) in [5, 5.41) is 9.43. The van der Waals surface area contributed by atoms with Crippen LogP contribution < -0.4 is 10.6 Å². The summed E-state index contributed by atoms with van der Waals surface area (Å²) in [6.07, 6.45) is 6.50.